The molecule has 22 heavy (non-hydrogen) atoms. The lowest BCUT2D eigenvalue weighted by atomic mass is 9.95. The van der Waals surface area contributed by atoms with Gasteiger partial charge in [0.15, 0.2) is 0 Å². The summed E-state index contributed by atoms with van der Waals surface area (Å²) in [6.45, 7) is 1.56. The fraction of sp³-hybridized carbons (Fsp3) is 0.400. The van der Waals surface area contributed by atoms with Crippen LogP contribution >= 0.6 is 0 Å². The van der Waals surface area contributed by atoms with Gasteiger partial charge in [0.05, 0.1) is 0 Å². The summed E-state index contributed by atoms with van der Waals surface area (Å²) in [6, 6.07) is 19.4. The molecule has 0 aromatic heterocycles. The number of nitrogens with one attached hydrogen (secondary N) is 1. The Bertz CT molecular complexity index is 561. The summed E-state index contributed by atoms with van der Waals surface area (Å²) in [5.74, 6) is 0.951. The molecule has 0 amide bonds. The van der Waals surface area contributed by atoms with E-state index in [9.17, 15) is 0 Å². The SMILES string of the molecule is c1ccc(COc2cccc(CNC3CCCCC3)c2)cc1. The summed E-state index contributed by atoms with van der Waals surface area (Å²) in [7, 11) is 0. The predicted octanol–water partition coefficient (Wildman–Crippen LogP) is 4.69. The van der Waals surface area contributed by atoms with Crippen molar-refractivity contribution in [2.75, 3.05) is 0 Å². The first-order valence-electron chi connectivity index (χ1n) is 8.39. The van der Waals surface area contributed by atoms with Crippen LogP contribution in [0.3, 0.4) is 0 Å². The number of benzene rings is 2. The van der Waals surface area contributed by atoms with Crippen LogP contribution in [0.5, 0.6) is 5.75 Å². The van der Waals surface area contributed by atoms with Gasteiger partial charge in [0.1, 0.15) is 12.4 Å². The molecule has 0 unspecified atom stereocenters. The highest BCUT2D eigenvalue weighted by Crippen LogP contribution is 2.19. The number of rotatable bonds is 6. The van der Waals surface area contributed by atoms with Crippen molar-refractivity contribution in [2.24, 2.45) is 0 Å². The largest absolute Gasteiger partial charge is 0.489 e. The Morgan fingerprint density at radius 2 is 1.64 bits per heavy atom. The molecule has 2 heteroatoms. The van der Waals surface area contributed by atoms with Crippen molar-refractivity contribution in [2.45, 2.75) is 51.3 Å². The highest BCUT2D eigenvalue weighted by Gasteiger charge is 2.12. The fourth-order valence-corrected chi connectivity index (χ4v) is 3.06. The molecule has 1 saturated carbocycles. The van der Waals surface area contributed by atoms with Gasteiger partial charge < -0.3 is 10.1 Å². The molecule has 0 bridgehead atoms. The molecule has 2 nitrogen and oxygen atoms in total. The minimum atomic E-state index is 0.625. The molecule has 2 aromatic rings. The minimum absolute atomic E-state index is 0.625. The van der Waals surface area contributed by atoms with Gasteiger partial charge in [0.25, 0.3) is 0 Å². The van der Waals surface area contributed by atoms with Crippen LogP contribution in [0.1, 0.15) is 43.2 Å². The normalized spacial score (nSPS) is 15.6. The van der Waals surface area contributed by atoms with Gasteiger partial charge in [0, 0.05) is 12.6 Å². The van der Waals surface area contributed by atoms with Crippen LogP contribution in [0.25, 0.3) is 0 Å². The molecule has 0 aliphatic heterocycles. The van der Waals surface area contributed by atoms with E-state index in [0.717, 1.165) is 12.3 Å². The summed E-state index contributed by atoms with van der Waals surface area (Å²) in [5, 5.41) is 3.68. The van der Waals surface area contributed by atoms with Crippen molar-refractivity contribution in [3.8, 4) is 5.75 Å². The van der Waals surface area contributed by atoms with E-state index in [2.05, 4.69) is 35.6 Å². The van der Waals surface area contributed by atoms with E-state index in [0.29, 0.717) is 12.6 Å². The second-order valence-corrected chi connectivity index (χ2v) is 6.14. The number of hydrogen-bond acceptors (Lipinski definition) is 2. The Morgan fingerprint density at radius 1 is 0.864 bits per heavy atom. The zero-order valence-corrected chi connectivity index (χ0v) is 13.1. The second-order valence-electron chi connectivity index (χ2n) is 6.14. The van der Waals surface area contributed by atoms with Gasteiger partial charge in [-0.3, -0.25) is 0 Å². The van der Waals surface area contributed by atoms with Crippen molar-refractivity contribution in [1.29, 1.82) is 0 Å². The molecule has 2 aromatic carbocycles. The van der Waals surface area contributed by atoms with Crippen molar-refractivity contribution in [3.63, 3.8) is 0 Å². The van der Waals surface area contributed by atoms with Crippen LogP contribution in [0.2, 0.25) is 0 Å². The molecule has 3 rings (SSSR count). The third-order valence-corrected chi connectivity index (χ3v) is 4.35. The lowest BCUT2D eigenvalue weighted by molar-refractivity contribution is 0.305. The van der Waals surface area contributed by atoms with E-state index in [1.807, 2.05) is 24.3 Å². The predicted molar refractivity (Wildman–Crippen MR) is 90.9 cm³/mol. The van der Waals surface area contributed by atoms with Gasteiger partial charge in [-0.1, -0.05) is 61.7 Å². The molecule has 1 aliphatic rings. The highest BCUT2D eigenvalue weighted by atomic mass is 16.5. The van der Waals surface area contributed by atoms with E-state index < -0.39 is 0 Å². The van der Waals surface area contributed by atoms with Crippen molar-refractivity contribution in [1.82, 2.24) is 5.32 Å². The second kappa shape index (κ2) is 8.00. The molecular formula is C20H25NO. The number of hydrogen-bond donors (Lipinski definition) is 1. The first-order chi connectivity index (χ1) is 10.9. The Labute approximate surface area is 133 Å². The molecule has 116 valence electrons. The lowest BCUT2D eigenvalue weighted by Gasteiger charge is -2.23. The molecular weight excluding hydrogens is 270 g/mol. The zero-order valence-electron chi connectivity index (χ0n) is 13.1. The third kappa shape index (κ3) is 4.60. The zero-order chi connectivity index (χ0) is 15.0. The minimum Gasteiger partial charge on any atom is -0.489 e. The smallest absolute Gasteiger partial charge is 0.120 e. The van der Waals surface area contributed by atoms with Gasteiger partial charge in [-0.05, 0) is 36.1 Å². The van der Waals surface area contributed by atoms with Gasteiger partial charge in [-0.15, -0.1) is 0 Å². The van der Waals surface area contributed by atoms with Gasteiger partial charge in [-0.25, -0.2) is 0 Å². The maximum atomic E-state index is 5.90. The molecule has 1 N–H and O–H groups in total. The quantitative estimate of drug-likeness (QED) is 0.835. The average Bonchev–Trinajstić information content (AvgIpc) is 2.60. The first kappa shape index (κ1) is 15.1. The summed E-state index contributed by atoms with van der Waals surface area (Å²) in [6.07, 6.45) is 6.80. The topological polar surface area (TPSA) is 21.3 Å². The van der Waals surface area contributed by atoms with Crippen LogP contribution < -0.4 is 10.1 Å². The van der Waals surface area contributed by atoms with Crippen LogP contribution in [-0.4, -0.2) is 6.04 Å². The van der Waals surface area contributed by atoms with E-state index in [-0.39, 0.29) is 0 Å². The van der Waals surface area contributed by atoms with Crippen LogP contribution in [0.15, 0.2) is 54.6 Å². The molecule has 0 heterocycles. The number of ether oxygens (including phenoxy) is 1. The molecule has 1 aliphatic carbocycles. The first-order valence-corrected chi connectivity index (χ1v) is 8.39. The fourth-order valence-electron chi connectivity index (χ4n) is 3.06. The summed E-state index contributed by atoms with van der Waals surface area (Å²) in [4.78, 5) is 0. The molecule has 0 saturated heterocycles. The Morgan fingerprint density at radius 3 is 2.45 bits per heavy atom. The van der Waals surface area contributed by atoms with Gasteiger partial charge in [-0.2, -0.15) is 0 Å². The van der Waals surface area contributed by atoms with E-state index in [1.165, 1.54) is 43.2 Å². The summed E-state index contributed by atoms with van der Waals surface area (Å²) in [5.41, 5.74) is 2.50. The van der Waals surface area contributed by atoms with Crippen LogP contribution in [0, 0.1) is 0 Å². The molecule has 0 atom stereocenters. The highest BCUT2D eigenvalue weighted by molar-refractivity contribution is 5.29. The summed E-state index contributed by atoms with van der Waals surface area (Å²) < 4.78 is 5.90. The Hall–Kier alpha value is -1.80. The van der Waals surface area contributed by atoms with E-state index in [1.54, 1.807) is 0 Å². The lowest BCUT2D eigenvalue weighted by Crippen LogP contribution is -2.30. The van der Waals surface area contributed by atoms with E-state index >= 15 is 0 Å². The van der Waals surface area contributed by atoms with Crippen molar-refractivity contribution in [3.05, 3.63) is 65.7 Å². The van der Waals surface area contributed by atoms with Crippen molar-refractivity contribution >= 4 is 0 Å². The monoisotopic (exact) mass is 295 g/mol. The van der Waals surface area contributed by atoms with Crippen LogP contribution in [-0.2, 0) is 13.2 Å². The van der Waals surface area contributed by atoms with Gasteiger partial charge >= 0.3 is 0 Å². The van der Waals surface area contributed by atoms with Gasteiger partial charge in [0.2, 0.25) is 0 Å². The van der Waals surface area contributed by atoms with Crippen LogP contribution in [0.4, 0.5) is 0 Å². The maximum absolute atomic E-state index is 5.90. The average molecular weight is 295 g/mol. The molecule has 0 radical (unpaired) electrons. The summed E-state index contributed by atoms with van der Waals surface area (Å²) >= 11 is 0. The Balaban J connectivity index is 1.51. The standard InChI is InChI=1S/C20H25NO/c1-3-8-17(9-4-1)16-22-20-13-7-10-18(14-20)15-21-19-11-5-2-6-12-19/h1,3-4,7-10,13-14,19,21H,2,5-6,11-12,15-16H2. The maximum Gasteiger partial charge on any atom is 0.120 e. The molecule has 1 fully saturated rings. The Kier molecular flexibility index (Phi) is 5.49. The van der Waals surface area contributed by atoms with Crippen molar-refractivity contribution < 1.29 is 4.74 Å². The third-order valence-electron chi connectivity index (χ3n) is 4.35. The van der Waals surface area contributed by atoms with E-state index in [4.69, 9.17) is 4.74 Å². The molecule has 0 spiro atoms.